The predicted molar refractivity (Wildman–Crippen MR) is 124 cm³/mol. The van der Waals surface area contributed by atoms with Crippen molar-refractivity contribution in [2.75, 3.05) is 18.5 Å². The molecule has 0 saturated carbocycles. The first kappa shape index (κ1) is 22.0. The number of anilines is 1. The zero-order chi connectivity index (χ0) is 21.5. The molecule has 3 N–H and O–H groups in total. The molecular formula is C24H29N3O2S. The molecule has 0 radical (unpaired) electrons. The van der Waals surface area contributed by atoms with Crippen molar-refractivity contribution in [2.45, 2.75) is 40.0 Å². The number of hydrogen-bond acceptors (Lipinski definition) is 5. The second kappa shape index (κ2) is 10.4. The number of carbonyl (C=O) groups is 1. The highest BCUT2D eigenvalue weighted by Crippen LogP contribution is 2.31. The zero-order valence-corrected chi connectivity index (χ0v) is 18.6. The van der Waals surface area contributed by atoms with Crippen molar-refractivity contribution in [3.05, 3.63) is 64.0 Å². The number of nitrogens with two attached hydrogens (primary N) is 1. The smallest absolute Gasteiger partial charge is 0.230 e. The second-order valence-electron chi connectivity index (χ2n) is 7.28. The summed E-state index contributed by atoms with van der Waals surface area (Å²) in [7, 11) is 0. The zero-order valence-electron chi connectivity index (χ0n) is 17.8. The normalized spacial score (nSPS) is 10.8. The van der Waals surface area contributed by atoms with Crippen LogP contribution < -0.4 is 15.8 Å². The van der Waals surface area contributed by atoms with E-state index >= 15 is 0 Å². The summed E-state index contributed by atoms with van der Waals surface area (Å²) >= 11 is 1.50. The van der Waals surface area contributed by atoms with Crippen LogP contribution in [-0.2, 0) is 17.6 Å². The number of hydrogen-bond donors (Lipinski definition) is 2. The maximum absolute atomic E-state index is 12.6. The van der Waals surface area contributed by atoms with Gasteiger partial charge in [-0.3, -0.25) is 4.79 Å². The highest BCUT2D eigenvalue weighted by Gasteiger charge is 2.13. The van der Waals surface area contributed by atoms with Crippen LogP contribution >= 0.6 is 11.3 Å². The van der Waals surface area contributed by atoms with Crippen LogP contribution in [0.15, 0.2) is 42.5 Å². The van der Waals surface area contributed by atoms with Crippen molar-refractivity contribution >= 4 is 22.4 Å². The molecule has 0 spiro atoms. The summed E-state index contributed by atoms with van der Waals surface area (Å²) in [5, 5.41) is 3.57. The molecule has 0 saturated heterocycles. The number of rotatable bonds is 9. The fourth-order valence-corrected chi connectivity index (χ4v) is 4.14. The quantitative estimate of drug-likeness (QED) is 0.480. The highest BCUT2D eigenvalue weighted by molar-refractivity contribution is 7.16. The van der Waals surface area contributed by atoms with Gasteiger partial charge in [0, 0.05) is 10.4 Å². The first-order chi connectivity index (χ1) is 14.5. The molecule has 0 aliphatic carbocycles. The predicted octanol–water partition coefficient (Wildman–Crippen LogP) is 4.90. The van der Waals surface area contributed by atoms with Crippen LogP contribution in [0, 0.1) is 13.8 Å². The Morgan fingerprint density at radius 3 is 2.80 bits per heavy atom. The molecule has 30 heavy (non-hydrogen) atoms. The molecule has 158 valence electrons. The van der Waals surface area contributed by atoms with Crippen LogP contribution in [0.5, 0.6) is 5.75 Å². The second-order valence-corrected chi connectivity index (χ2v) is 8.48. The van der Waals surface area contributed by atoms with Crippen molar-refractivity contribution in [3.8, 4) is 17.0 Å². The molecule has 1 amide bonds. The van der Waals surface area contributed by atoms with Gasteiger partial charge in [0.25, 0.3) is 0 Å². The molecule has 1 aromatic heterocycles. The van der Waals surface area contributed by atoms with Gasteiger partial charge >= 0.3 is 0 Å². The van der Waals surface area contributed by atoms with Crippen molar-refractivity contribution in [2.24, 2.45) is 5.73 Å². The molecule has 0 bridgehead atoms. The number of aromatic nitrogens is 1. The van der Waals surface area contributed by atoms with E-state index < -0.39 is 0 Å². The number of aryl methyl sites for hydroxylation is 3. The van der Waals surface area contributed by atoms with E-state index in [9.17, 15) is 4.79 Å². The third-order valence-electron chi connectivity index (χ3n) is 4.93. The van der Waals surface area contributed by atoms with Gasteiger partial charge in [-0.25, -0.2) is 4.98 Å². The minimum Gasteiger partial charge on any atom is -0.494 e. The lowest BCUT2D eigenvalue weighted by atomic mass is 10.0. The maximum Gasteiger partial charge on any atom is 0.230 e. The molecule has 2 aromatic carbocycles. The average Bonchev–Trinajstić information content (AvgIpc) is 3.08. The van der Waals surface area contributed by atoms with E-state index in [2.05, 4.69) is 42.3 Å². The number of nitrogens with one attached hydrogen (secondary N) is 1. The Morgan fingerprint density at radius 1 is 1.20 bits per heavy atom. The van der Waals surface area contributed by atoms with Crippen LogP contribution in [0.25, 0.3) is 11.3 Å². The van der Waals surface area contributed by atoms with Gasteiger partial charge in [0.05, 0.1) is 18.7 Å². The molecule has 3 rings (SSSR count). The Kier molecular flexibility index (Phi) is 7.60. The van der Waals surface area contributed by atoms with Gasteiger partial charge in [0.2, 0.25) is 5.91 Å². The van der Waals surface area contributed by atoms with Crippen LogP contribution in [0.1, 0.15) is 34.9 Å². The minimum atomic E-state index is -0.0902. The molecular weight excluding hydrogens is 394 g/mol. The Morgan fingerprint density at radius 2 is 2.03 bits per heavy atom. The third kappa shape index (κ3) is 5.68. The average molecular weight is 424 g/mol. The summed E-state index contributed by atoms with van der Waals surface area (Å²) in [6.45, 7) is 7.49. The summed E-state index contributed by atoms with van der Waals surface area (Å²) < 4.78 is 5.66. The first-order valence-electron chi connectivity index (χ1n) is 10.3. The standard InChI is InChI=1S/C24H29N3O2S/c1-4-19-15-20(10-9-16(19)2)23-17(3)30-24(27-23)26-22(28)14-18-7-5-8-21(13-18)29-12-6-11-25/h5,7-10,13,15H,4,6,11-12,14,25H2,1-3H3,(H,26,27,28). The van der Waals surface area contributed by atoms with Crippen LogP contribution in [0.3, 0.4) is 0 Å². The molecule has 0 fully saturated rings. The van der Waals surface area contributed by atoms with Gasteiger partial charge in [-0.05, 0) is 68.1 Å². The van der Waals surface area contributed by atoms with Crippen LogP contribution in [0.2, 0.25) is 0 Å². The number of nitrogens with zero attached hydrogens (tertiary/aromatic N) is 1. The minimum absolute atomic E-state index is 0.0902. The fraction of sp³-hybridized carbons (Fsp3) is 0.333. The van der Waals surface area contributed by atoms with Gasteiger partial charge in [0.1, 0.15) is 5.75 Å². The van der Waals surface area contributed by atoms with E-state index in [-0.39, 0.29) is 12.3 Å². The van der Waals surface area contributed by atoms with Gasteiger partial charge in [-0.1, -0.05) is 31.2 Å². The third-order valence-corrected chi connectivity index (χ3v) is 5.81. The molecule has 3 aromatic rings. The fourth-order valence-electron chi connectivity index (χ4n) is 3.28. The van der Waals surface area contributed by atoms with Crippen LogP contribution in [0.4, 0.5) is 5.13 Å². The summed E-state index contributed by atoms with van der Waals surface area (Å²) in [6.07, 6.45) is 2.06. The van der Waals surface area contributed by atoms with E-state index in [1.165, 1.54) is 22.5 Å². The van der Waals surface area contributed by atoms with E-state index in [0.717, 1.165) is 40.3 Å². The summed E-state index contributed by atoms with van der Waals surface area (Å²) in [5.74, 6) is 0.666. The molecule has 0 aliphatic rings. The Balaban J connectivity index is 1.67. The molecule has 0 unspecified atom stereocenters. The largest absolute Gasteiger partial charge is 0.494 e. The Hall–Kier alpha value is -2.70. The molecule has 0 atom stereocenters. The maximum atomic E-state index is 12.6. The Bertz CT molecular complexity index is 1010. The summed E-state index contributed by atoms with van der Waals surface area (Å²) in [4.78, 5) is 18.3. The topological polar surface area (TPSA) is 77.2 Å². The number of carbonyl (C=O) groups excluding carboxylic acids is 1. The van der Waals surface area contributed by atoms with Crippen LogP contribution in [-0.4, -0.2) is 24.0 Å². The van der Waals surface area contributed by atoms with Crippen molar-refractivity contribution in [1.82, 2.24) is 4.98 Å². The number of benzene rings is 2. The number of amides is 1. The van der Waals surface area contributed by atoms with Gasteiger partial charge < -0.3 is 15.8 Å². The Labute approximate surface area is 182 Å². The van der Waals surface area contributed by atoms with E-state index in [1.807, 2.05) is 31.2 Å². The molecule has 5 nitrogen and oxygen atoms in total. The van der Waals surface area contributed by atoms with E-state index in [4.69, 9.17) is 10.5 Å². The van der Waals surface area contributed by atoms with Crippen molar-refractivity contribution in [3.63, 3.8) is 0 Å². The molecule has 1 heterocycles. The van der Waals surface area contributed by atoms with Gasteiger partial charge in [-0.15, -0.1) is 11.3 Å². The number of thiazole rings is 1. The van der Waals surface area contributed by atoms with Gasteiger partial charge in [0.15, 0.2) is 5.13 Å². The highest BCUT2D eigenvalue weighted by atomic mass is 32.1. The van der Waals surface area contributed by atoms with E-state index in [0.29, 0.717) is 18.3 Å². The molecule has 6 heteroatoms. The van der Waals surface area contributed by atoms with E-state index in [1.54, 1.807) is 0 Å². The SMILES string of the molecule is CCc1cc(-c2nc(NC(=O)Cc3cccc(OCCCN)c3)sc2C)ccc1C. The van der Waals surface area contributed by atoms with Gasteiger partial charge in [-0.2, -0.15) is 0 Å². The lowest BCUT2D eigenvalue weighted by Crippen LogP contribution is -2.14. The molecule has 0 aliphatic heterocycles. The summed E-state index contributed by atoms with van der Waals surface area (Å²) in [6, 6.07) is 14.0. The summed E-state index contributed by atoms with van der Waals surface area (Å²) in [5.41, 5.74) is 11.0. The number of ether oxygens (including phenoxy) is 1. The monoisotopic (exact) mass is 423 g/mol. The lowest BCUT2D eigenvalue weighted by molar-refractivity contribution is -0.115. The van der Waals surface area contributed by atoms with Crippen molar-refractivity contribution in [1.29, 1.82) is 0 Å². The lowest BCUT2D eigenvalue weighted by Gasteiger charge is -2.07. The van der Waals surface area contributed by atoms with Crippen molar-refractivity contribution < 1.29 is 9.53 Å². The first-order valence-corrected chi connectivity index (χ1v) is 11.1.